The predicted molar refractivity (Wildman–Crippen MR) is 59.3 cm³/mol. The zero-order valence-electron chi connectivity index (χ0n) is 8.53. The van der Waals surface area contributed by atoms with Crippen LogP contribution in [0.15, 0.2) is 12.3 Å². The first-order valence-electron chi connectivity index (χ1n) is 4.61. The van der Waals surface area contributed by atoms with E-state index in [1.807, 2.05) is 13.8 Å². The first kappa shape index (κ1) is 11.7. The van der Waals surface area contributed by atoms with E-state index < -0.39 is 4.92 Å². The van der Waals surface area contributed by atoms with Gasteiger partial charge in [0.15, 0.2) is 0 Å². The van der Waals surface area contributed by atoms with E-state index in [0.717, 1.165) is 12.6 Å². The molecule has 0 saturated heterocycles. The number of hydrogen-bond donors (Lipinski definition) is 1. The summed E-state index contributed by atoms with van der Waals surface area (Å²) in [7, 11) is 0. The molecule has 0 aliphatic rings. The molecule has 0 radical (unpaired) electrons. The minimum absolute atomic E-state index is 0.0558. The highest BCUT2D eigenvalue weighted by Gasteiger charge is 2.15. The van der Waals surface area contributed by atoms with Crippen molar-refractivity contribution in [3.8, 4) is 0 Å². The minimum Gasteiger partial charge on any atom is -0.377 e. The Bertz CT molecular complexity index is 370. The van der Waals surface area contributed by atoms with E-state index >= 15 is 0 Å². The van der Waals surface area contributed by atoms with Gasteiger partial charge in [-0.3, -0.25) is 10.1 Å². The van der Waals surface area contributed by atoms with E-state index in [0.29, 0.717) is 5.69 Å². The van der Waals surface area contributed by atoms with Crippen LogP contribution in [-0.4, -0.2) is 15.9 Å². The third-order valence-corrected chi connectivity index (χ3v) is 2.27. The topological polar surface area (TPSA) is 68.1 Å². The summed E-state index contributed by atoms with van der Waals surface area (Å²) in [6.07, 6.45) is 2.03. The summed E-state index contributed by atoms with van der Waals surface area (Å²) in [5, 5.41) is 13.9. The van der Waals surface area contributed by atoms with E-state index in [1.54, 1.807) is 0 Å². The summed E-state index contributed by atoms with van der Waals surface area (Å²) in [5.41, 5.74) is 0.356. The molecular formula is C9H12ClN3O2. The minimum atomic E-state index is -0.478. The van der Waals surface area contributed by atoms with E-state index in [2.05, 4.69) is 10.3 Å². The van der Waals surface area contributed by atoms with Gasteiger partial charge in [-0.25, -0.2) is 4.98 Å². The smallest absolute Gasteiger partial charge is 0.310 e. The van der Waals surface area contributed by atoms with Gasteiger partial charge < -0.3 is 5.32 Å². The zero-order chi connectivity index (χ0) is 11.4. The first-order chi connectivity index (χ1) is 7.04. The van der Waals surface area contributed by atoms with Crippen LogP contribution < -0.4 is 5.32 Å². The third kappa shape index (κ3) is 3.06. The number of nitro groups is 1. The third-order valence-electron chi connectivity index (χ3n) is 2.06. The number of halogens is 1. The van der Waals surface area contributed by atoms with Gasteiger partial charge in [0.2, 0.25) is 0 Å². The van der Waals surface area contributed by atoms with Gasteiger partial charge in [0.1, 0.15) is 17.0 Å². The maximum Gasteiger partial charge on any atom is 0.310 e. The summed E-state index contributed by atoms with van der Waals surface area (Å²) in [6, 6.07) is 1.62. The summed E-state index contributed by atoms with van der Waals surface area (Å²) >= 11 is 5.67. The Labute approximate surface area is 92.6 Å². The van der Waals surface area contributed by atoms with Gasteiger partial charge in [-0.2, -0.15) is 0 Å². The number of nitrogens with zero attached hydrogens (tertiary/aromatic N) is 2. The predicted octanol–water partition coefficient (Wildman–Crippen LogP) is 2.85. The molecule has 5 nitrogen and oxygen atoms in total. The van der Waals surface area contributed by atoms with Crippen LogP contribution in [0.2, 0.25) is 5.15 Å². The number of rotatable bonds is 4. The Balaban J connectivity index is 3.02. The lowest BCUT2D eigenvalue weighted by Crippen LogP contribution is -2.14. The molecule has 1 atom stereocenters. The molecule has 1 aromatic rings. The molecule has 1 heterocycles. The van der Waals surface area contributed by atoms with Crippen LogP contribution in [0, 0.1) is 10.1 Å². The SMILES string of the molecule is CC[C@H](C)Nc1cc(Cl)ncc1[N+](=O)[O-]. The Hall–Kier alpha value is -1.36. The van der Waals surface area contributed by atoms with Crippen LogP contribution in [0.3, 0.4) is 0 Å². The maximum atomic E-state index is 10.7. The molecule has 0 amide bonds. The molecule has 0 unspecified atom stereocenters. The molecule has 6 heteroatoms. The Morgan fingerprint density at radius 2 is 2.40 bits per heavy atom. The average molecular weight is 230 g/mol. The fourth-order valence-electron chi connectivity index (χ4n) is 1.05. The number of anilines is 1. The molecule has 1 rings (SSSR count). The second kappa shape index (κ2) is 4.93. The van der Waals surface area contributed by atoms with E-state index in [9.17, 15) is 10.1 Å². The lowest BCUT2D eigenvalue weighted by Gasteiger charge is -2.12. The van der Waals surface area contributed by atoms with E-state index in [4.69, 9.17) is 11.6 Å². The Morgan fingerprint density at radius 3 is 2.93 bits per heavy atom. The van der Waals surface area contributed by atoms with Crippen molar-refractivity contribution in [3.63, 3.8) is 0 Å². The molecular weight excluding hydrogens is 218 g/mol. The second-order valence-corrected chi connectivity index (χ2v) is 3.62. The standard InChI is InChI=1S/C9H12ClN3O2/c1-3-6(2)12-7-4-9(10)11-5-8(7)13(14)15/h4-6H,3H2,1-2H3,(H,11,12)/t6-/m0/s1. The molecule has 0 bridgehead atoms. The molecule has 0 aliphatic carbocycles. The average Bonchev–Trinajstić information content (AvgIpc) is 2.17. The molecule has 0 fully saturated rings. The van der Waals surface area contributed by atoms with Gasteiger partial charge in [0.05, 0.1) is 4.92 Å². The fraction of sp³-hybridized carbons (Fsp3) is 0.444. The van der Waals surface area contributed by atoms with Crippen LogP contribution in [0.4, 0.5) is 11.4 Å². The van der Waals surface area contributed by atoms with Crippen molar-refractivity contribution in [2.24, 2.45) is 0 Å². The monoisotopic (exact) mass is 229 g/mol. The van der Waals surface area contributed by atoms with Gasteiger partial charge in [0, 0.05) is 12.1 Å². The number of pyridine rings is 1. The van der Waals surface area contributed by atoms with Crippen molar-refractivity contribution < 1.29 is 4.92 Å². The molecule has 82 valence electrons. The van der Waals surface area contributed by atoms with Crippen LogP contribution in [0.25, 0.3) is 0 Å². The highest BCUT2D eigenvalue weighted by atomic mass is 35.5. The highest BCUT2D eigenvalue weighted by molar-refractivity contribution is 6.29. The second-order valence-electron chi connectivity index (χ2n) is 3.23. The Morgan fingerprint density at radius 1 is 1.73 bits per heavy atom. The van der Waals surface area contributed by atoms with E-state index in [-0.39, 0.29) is 16.9 Å². The summed E-state index contributed by atoms with van der Waals surface area (Å²) < 4.78 is 0. The normalized spacial score (nSPS) is 12.2. The van der Waals surface area contributed by atoms with Gasteiger partial charge in [-0.05, 0) is 13.3 Å². The molecule has 0 aromatic carbocycles. The van der Waals surface area contributed by atoms with Gasteiger partial charge in [-0.15, -0.1) is 0 Å². The molecule has 1 N–H and O–H groups in total. The molecule has 1 aromatic heterocycles. The van der Waals surface area contributed by atoms with Gasteiger partial charge in [0.25, 0.3) is 0 Å². The molecule has 0 aliphatic heterocycles. The Kier molecular flexibility index (Phi) is 3.85. The molecule has 0 saturated carbocycles. The van der Waals surface area contributed by atoms with Crippen LogP contribution in [0.5, 0.6) is 0 Å². The lowest BCUT2D eigenvalue weighted by molar-refractivity contribution is -0.384. The van der Waals surface area contributed by atoms with Crippen molar-refractivity contribution in [3.05, 3.63) is 27.5 Å². The summed E-state index contributed by atoms with van der Waals surface area (Å²) in [6.45, 7) is 3.93. The van der Waals surface area contributed by atoms with Gasteiger partial charge in [-0.1, -0.05) is 18.5 Å². The number of nitrogens with one attached hydrogen (secondary N) is 1. The van der Waals surface area contributed by atoms with Crippen LogP contribution in [0.1, 0.15) is 20.3 Å². The maximum absolute atomic E-state index is 10.7. The van der Waals surface area contributed by atoms with Crippen molar-refractivity contribution in [2.45, 2.75) is 26.3 Å². The highest BCUT2D eigenvalue weighted by Crippen LogP contribution is 2.26. The fourth-order valence-corrected chi connectivity index (χ4v) is 1.21. The largest absolute Gasteiger partial charge is 0.377 e. The lowest BCUT2D eigenvalue weighted by atomic mass is 10.2. The number of hydrogen-bond acceptors (Lipinski definition) is 4. The van der Waals surface area contributed by atoms with Crippen molar-refractivity contribution in [1.29, 1.82) is 0 Å². The first-order valence-corrected chi connectivity index (χ1v) is 4.98. The van der Waals surface area contributed by atoms with Crippen molar-refractivity contribution in [2.75, 3.05) is 5.32 Å². The van der Waals surface area contributed by atoms with Crippen molar-refractivity contribution >= 4 is 23.0 Å². The number of aromatic nitrogens is 1. The van der Waals surface area contributed by atoms with E-state index in [1.165, 1.54) is 6.07 Å². The summed E-state index contributed by atoms with van der Waals surface area (Å²) in [4.78, 5) is 13.9. The van der Waals surface area contributed by atoms with Crippen LogP contribution in [-0.2, 0) is 0 Å². The quantitative estimate of drug-likeness (QED) is 0.490. The summed E-state index contributed by atoms with van der Waals surface area (Å²) in [5.74, 6) is 0. The molecule has 0 spiro atoms. The zero-order valence-corrected chi connectivity index (χ0v) is 9.28. The van der Waals surface area contributed by atoms with Crippen LogP contribution >= 0.6 is 11.6 Å². The molecule has 15 heavy (non-hydrogen) atoms. The van der Waals surface area contributed by atoms with Crippen molar-refractivity contribution in [1.82, 2.24) is 4.98 Å². The van der Waals surface area contributed by atoms with Gasteiger partial charge >= 0.3 is 5.69 Å².